The zero-order valence-corrected chi connectivity index (χ0v) is 15.4. The maximum Gasteiger partial charge on any atom is 0.338 e. The average molecular weight is 371 g/mol. The van der Waals surface area contributed by atoms with Gasteiger partial charge in [-0.3, -0.25) is 14.9 Å². The molecule has 2 aromatic rings. The molecule has 0 saturated carbocycles. The van der Waals surface area contributed by atoms with Crippen LogP contribution in [0.2, 0.25) is 0 Å². The first-order chi connectivity index (χ1) is 12.8. The van der Waals surface area contributed by atoms with Crippen LogP contribution in [0, 0.1) is 10.1 Å². The second-order valence-electron chi connectivity index (χ2n) is 6.19. The Bertz CT molecular complexity index is 816. The zero-order valence-electron chi connectivity index (χ0n) is 15.4. The number of carbonyl (C=O) groups is 2. The summed E-state index contributed by atoms with van der Waals surface area (Å²) in [5.41, 5.74) is 2.04. The molecule has 0 bridgehead atoms. The number of amides is 1. The predicted molar refractivity (Wildman–Crippen MR) is 101 cm³/mol. The number of hydrogen-bond acceptors (Lipinski definition) is 6. The van der Waals surface area contributed by atoms with Gasteiger partial charge in [0, 0.05) is 45.5 Å². The van der Waals surface area contributed by atoms with Crippen LogP contribution in [-0.2, 0) is 16.1 Å². The summed E-state index contributed by atoms with van der Waals surface area (Å²) in [5, 5.41) is 10.6. The number of nitrogens with zero attached hydrogens (tertiary/aromatic N) is 3. The first-order valence-corrected chi connectivity index (χ1v) is 8.19. The molecule has 0 heterocycles. The van der Waals surface area contributed by atoms with E-state index < -0.39 is 17.5 Å². The van der Waals surface area contributed by atoms with Crippen LogP contribution in [0.15, 0.2) is 48.5 Å². The van der Waals surface area contributed by atoms with E-state index in [-0.39, 0.29) is 17.2 Å². The van der Waals surface area contributed by atoms with E-state index in [2.05, 4.69) is 0 Å². The van der Waals surface area contributed by atoms with E-state index >= 15 is 0 Å². The molecule has 2 aromatic carbocycles. The summed E-state index contributed by atoms with van der Waals surface area (Å²) < 4.78 is 4.99. The number of hydrogen-bond donors (Lipinski definition) is 0. The molecule has 2 rings (SSSR count). The van der Waals surface area contributed by atoms with Gasteiger partial charge in [0.15, 0.2) is 6.61 Å². The number of rotatable bonds is 7. The highest BCUT2D eigenvalue weighted by molar-refractivity contribution is 5.91. The molecule has 0 aliphatic carbocycles. The third-order valence-electron chi connectivity index (χ3n) is 3.94. The maximum atomic E-state index is 12.2. The molecule has 0 aromatic heterocycles. The average Bonchev–Trinajstić information content (AvgIpc) is 2.66. The Kier molecular flexibility index (Phi) is 6.48. The van der Waals surface area contributed by atoms with Gasteiger partial charge in [0.1, 0.15) is 0 Å². The van der Waals surface area contributed by atoms with Crippen molar-refractivity contribution in [3.63, 3.8) is 0 Å². The van der Waals surface area contributed by atoms with E-state index in [1.54, 1.807) is 7.05 Å². The van der Waals surface area contributed by atoms with Crippen LogP contribution in [-0.4, -0.2) is 49.4 Å². The van der Waals surface area contributed by atoms with Crippen LogP contribution in [0.1, 0.15) is 15.9 Å². The molecule has 27 heavy (non-hydrogen) atoms. The van der Waals surface area contributed by atoms with Crippen LogP contribution in [0.3, 0.4) is 0 Å². The number of benzene rings is 2. The lowest BCUT2D eigenvalue weighted by Gasteiger charge is -2.18. The number of ether oxygens (including phenoxy) is 1. The van der Waals surface area contributed by atoms with Crippen molar-refractivity contribution >= 4 is 23.3 Å². The van der Waals surface area contributed by atoms with Gasteiger partial charge in [-0.1, -0.05) is 12.1 Å². The topological polar surface area (TPSA) is 93.0 Å². The molecule has 0 aliphatic heterocycles. The molecule has 0 spiro atoms. The number of nitro benzene ring substituents is 1. The molecule has 142 valence electrons. The van der Waals surface area contributed by atoms with Crippen molar-refractivity contribution in [2.24, 2.45) is 0 Å². The van der Waals surface area contributed by atoms with Gasteiger partial charge in [0.25, 0.3) is 11.6 Å². The normalized spacial score (nSPS) is 10.2. The monoisotopic (exact) mass is 371 g/mol. The highest BCUT2D eigenvalue weighted by Gasteiger charge is 2.15. The summed E-state index contributed by atoms with van der Waals surface area (Å²) in [7, 11) is 5.52. The van der Waals surface area contributed by atoms with E-state index in [1.165, 1.54) is 29.2 Å². The third-order valence-corrected chi connectivity index (χ3v) is 3.94. The summed E-state index contributed by atoms with van der Waals surface area (Å²) in [5.74, 6) is -1.05. The number of carbonyl (C=O) groups excluding carboxylic acids is 2. The molecular formula is C19H21N3O5. The van der Waals surface area contributed by atoms with Crippen LogP contribution in [0.25, 0.3) is 0 Å². The van der Waals surface area contributed by atoms with Gasteiger partial charge in [-0.15, -0.1) is 0 Å². The van der Waals surface area contributed by atoms with Crippen molar-refractivity contribution < 1.29 is 19.2 Å². The van der Waals surface area contributed by atoms with E-state index in [4.69, 9.17) is 4.74 Å². The Morgan fingerprint density at radius 1 is 1.00 bits per heavy atom. The van der Waals surface area contributed by atoms with Crippen LogP contribution >= 0.6 is 0 Å². The number of nitro groups is 1. The maximum absolute atomic E-state index is 12.2. The van der Waals surface area contributed by atoms with Gasteiger partial charge in [-0.25, -0.2) is 4.79 Å². The molecule has 0 N–H and O–H groups in total. The Labute approximate surface area is 157 Å². The fourth-order valence-electron chi connectivity index (χ4n) is 2.30. The van der Waals surface area contributed by atoms with Crippen LogP contribution in [0.5, 0.6) is 0 Å². The number of non-ortho nitro benzene ring substituents is 1. The highest BCUT2D eigenvalue weighted by Crippen LogP contribution is 2.14. The lowest BCUT2D eigenvalue weighted by atomic mass is 10.2. The van der Waals surface area contributed by atoms with Gasteiger partial charge in [0.2, 0.25) is 0 Å². The first-order valence-electron chi connectivity index (χ1n) is 8.19. The lowest BCUT2D eigenvalue weighted by molar-refractivity contribution is -0.384. The predicted octanol–water partition coefficient (Wildman–Crippen LogP) is 2.48. The van der Waals surface area contributed by atoms with E-state index in [0.717, 1.165) is 11.3 Å². The summed E-state index contributed by atoms with van der Waals surface area (Å²) in [4.78, 5) is 37.6. The van der Waals surface area contributed by atoms with Gasteiger partial charge in [-0.2, -0.15) is 0 Å². The van der Waals surface area contributed by atoms with Crippen molar-refractivity contribution in [3.05, 3.63) is 69.8 Å². The largest absolute Gasteiger partial charge is 0.452 e. The fourth-order valence-corrected chi connectivity index (χ4v) is 2.30. The highest BCUT2D eigenvalue weighted by atomic mass is 16.6. The molecule has 0 fully saturated rings. The number of likely N-dealkylation sites (N-methyl/N-ethyl adjacent to an activating group) is 1. The molecule has 0 saturated heterocycles. The Morgan fingerprint density at radius 3 is 2.11 bits per heavy atom. The lowest BCUT2D eigenvalue weighted by Crippen LogP contribution is -2.30. The summed E-state index contributed by atoms with van der Waals surface area (Å²) in [6, 6.07) is 12.8. The molecule has 0 unspecified atom stereocenters. The minimum absolute atomic E-state index is 0.123. The quantitative estimate of drug-likeness (QED) is 0.422. The molecule has 0 atom stereocenters. The zero-order chi connectivity index (χ0) is 20.0. The van der Waals surface area contributed by atoms with Gasteiger partial charge >= 0.3 is 5.97 Å². The van der Waals surface area contributed by atoms with Crippen molar-refractivity contribution in [2.75, 3.05) is 32.6 Å². The SMILES string of the molecule is CN(Cc1ccc(N(C)C)cc1)C(=O)COC(=O)c1ccc([N+](=O)[O-])cc1. The van der Waals surface area contributed by atoms with Gasteiger partial charge < -0.3 is 14.5 Å². The van der Waals surface area contributed by atoms with Crippen molar-refractivity contribution in [3.8, 4) is 0 Å². The summed E-state index contributed by atoms with van der Waals surface area (Å²) in [6.07, 6.45) is 0. The van der Waals surface area contributed by atoms with Crippen molar-refractivity contribution in [2.45, 2.75) is 6.54 Å². The molecule has 1 amide bonds. The second-order valence-corrected chi connectivity index (χ2v) is 6.19. The molecular weight excluding hydrogens is 350 g/mol. The third kappa shape index (κ3) is 5.53. The molecule has 0 radical (unpaired) electrons. The van der Waals surface area contributed by atoms with Gasteiger partial charge in [0.05, 0.1) is 10.5 Å². The van der Waals surface area contributed by atoms with Crippen LogP contribution < -0.4 is 4.90 Å². The van der Waals surface area contributed by atoms with E-state index in [0.29, 0.717) is 6.54 Å². The Balaban J connectivity index is 1.86. The van der Waals surface area contributed by atoms with Crippen LogP contribution in [0.4, 0.5) is 11.4 Å². The molecule has 8 heteroatoms. The first kappa shape index (κ1) is 19.9. The summed E-state index contributed by atoms with van der Waals surface area (Å²) in [6.45, 7) is -0.0102. The smallest absolute Gasteiger partial charge is 0.338 e. The number of anilines is 1. The summed E-state index contributed by atoms with van der Waals surface area (Å²) >= 11 is 0. The standard InChI is InChI=1S/C19H21N3O5/c1-20(2)16-8-4-14(5-9-16)12-21(3)18(23)13-27-19(24)15-6-10-17(11-7-15)22(25)26/h4-11H,12-13H2,1-3H3. The minimum atomic E-state index is -0.706. The van der Waals surface area contributed by atoms with Crippen molar-refractivity contribution in [1.82, 2.24) is 4.90 Å². The minimum Gasteiger partial charge on any atom is -0.452 e. The van der Waals surface area contributed by atoms with E-state index in [1.807, 2.05) is 43.3 Å². The Hall–Kier alpha value is -3.42. The molecule has 8 nitrogen and oxygen atoms in total. The number of esters is 1. The fraction of sp³-hybridized carbons (Fsp3) is 0.263. The van der Waals surface area contributed by atoms with Crippen molar-refractivity contribution in [1.29, 1.82) is 0 Å². The van der Waals surface area contributed by atoms with Gasteiger partial charge in [-0.05, 0) is 29.8 Å². The van der Waals surface area contributed by atoms with E-state index in [9.17, 15) is 19.7 Å². The Morgan fingerprint density at radius 2 is 1.59 bits per heavy atom. The second kappa shape index (κ2) is 8.79. The molecule has 0 aliphatic rings.